The number of alkyl halides is 3. The normalized spacial score (nSPS) is 16.9. The van der Waals surface area contributed by atoms with Crippen LogP contribution in [0.5, 0.6) is 0 Å². The average Bonchev–Trinajstić information content (AvgIpc) is 3.44. The van der Waals surface area contributed by atoms with E-state index in [-0.39, 0.29) is 0 Å². The van der Waals surface area contributed by atoms with Gasteiger partial charge >= 0.3 is 12.1 Å². The number of aromatic nitrogens is 3. The van der Waals surface area contributed by atoms with Crippen molar-refractivity contribution in [2.45, 2.75) is 37.3 Å². The zero-order valence-electron chi connectivity index (χ0n) is 17.0. The average molecular weight is 462 g/mol. The van der Waals surface area contributed by atoms with Gasteiger partial charge in [0.15, 0.2) is 0 Å². The van der Waals surface area contributed by atoms with Crippen molar-refractivity contribution in [2.24, 2.45) is 0 Å². The summed E-state index contributed by atoms with van der Waals surface area (Å²) in [7, 11) is 0. The first-order chi connectivity index (χ1) is 15.3. The van der Waals surface area contributed by atoms with Crippen molar-refractivity contribution in [3.8, 4) is 11.1 Å². The summed E-state index contributed by atoms with van der Waals surface area (Å²) < 4.78 is 31.7. The largest absolute Gasteiger partial charge is 0.490 e. The first-order valence-corrected chi connectivity index (χ1v) is 11.0. The molecule has 3 heterocycles. The van der Waals surface area contributed by atoms with Crippen LogP contribution in [0.1, 0.15) is 30.4 Å². The number of aliphatic carboxylic acids is 1. The maximum atomic E-state index is 10.6. The molecule has 2 aromatic heterocycles. The summed E-state index contributed by atoms with van der Waals surface area (Å²) in [5.74, 6) is -2.76. The van der Waals surface area contributed by atoms with Crippen LogP contribution in [-0.2, 0) is 16.6 Å². The highest BCUT2D eigenvalue weighted by Gasteiger charge is 2.41. The molecule has 2 aliphatic rings. The molecule has 6 nitrogen and oxygen atoms in total. The van der Waals surface area contributed by atoms with Crippen molar-refractivity contribution in [1.29, 1.82) is 0 Å². The molecule has 0 radical (unpaired) electrons. The number of rotatable bonds is 2. The number of hydrogen-bond acceptors (Lipinski definition) is 6. The van der Waals surface area contributed by atoms with E-state index in [1.54, 1.807) is 22.5 Å². The third kappa shape index (κ3) is 4.59. The first kappa shape index (κ1) is 22.2. The smallest absolute Gasteiger partial charge is 0.475 e. The van der Waals surface area contributed by atoms with Crippen molar-refractivity contribution in [2.75, 3.05) is 18.0 Å². The number of carboxylic acids is 1. The summed E-state index contributed by atoms with van der Waals surface area (Å²) in [5, 5.41) is 16.4. The third-order valence-corrected chi connectivity index (χ3v) is 6.90. The molecular weight excluding hydrogens is 441 g/mol. The molecule has 5 rings (SSSR count). The fraction of sp³-hybridized carbons (Fsp3) is 0.364. The summed E-state index contributed by atoms with van der Waals surface area (Å²) >= 11 is 1.64. The molecular formula is C22H21F3N4O2S. The second-order valence-corrected chi connectivity index (χ2v) is 8.71. The predicted molar refractivity (Wildman–Crippen MR) is 115 cm³/mol. The van der Waals surface area contributed by atoms with Gasteiger partial charge in [-0.3, -0.25) is 4.98 Å². The van der Waals surface area contributed by atoms with Crippen LogP contribution in [0.2, 0.25) is 0 Å². The van der Waals surface area contributed by atoms with Crippen LogP contribution in [0.4, 0.5) is 18.3 Å². The monoisotopic (exact) mass is 462 g/mol. The molecule has 1 spiro atoms. The first-order valence-electron chi connectivity index (χ1n) is 10.1. The number of halogens is 3. The van der Waals surface area contributed by atoms with Crippen molar-refractivity contribution in [3.63, 3.8) is 0 Å². The van der Waals surface area contributed by atoms with Crippen LogP contribution in [-0.4, -0.2) is 45.5 Å². The molecule has 32 heavy (non-hydrogen) atoms. The van der Waals surface area contributed by atoms with E-state index < -0.39 is 12.1 Å². The van der Waals surface area contributed by atoms with E-state index in [0.29, 0.717) is 5.41 Å². The minimum atomic E-state index is -5.08. The van der Waals surface area contributed by atoms with Gasteiger partial charge in [-0.05, 0) is 65.5 Å². The van der Waals surface area contributed by atoms with Gasteiger partial charge in [0.2, 0.25) is 5.13 Å². The fourth-order valence-corrected chi connectivity index (χ4v) is 5.12. The number of aryl methyl sites for hydroxylation is 1. The van der Waals surface area contributed by atoms with E-state index in [9.17, 15) is 13.2 Å². The number of anilines is 1. The van der Waals surface area contributed by atoms with Gasteiger partial charge in [-0.1, -0.05) is 29.5 Å². The number of carboxylic acid groups (broad SMARTS) is 1. The number of fused-ring (bicyclic) bond motifs is 2. The quantitative estimate of drug-likeness (QED) is 0.594. The Morgan fingerprint density at radius 2 is 1.75 bits per heavy atom. The van der Waals surface area contributed by atoms with E-state index in [1.165, 1.54) is 36.8 Å². The number of piperidine rings is 1. The van der Waals surface area contributed by atoms with Gasteiger partial charge in [-0.2, -0.15) is 13.2 Å². The number of hydrogen-bond donors (Lipinski definition) is 1. The Hall–Kier alpha value is -3.01. The molecule has 10 heteroatoms. The summed E-state index contributed by atoms with van der Waals surface area (Å²) in [6, 6.07) is 11.3. The summed E-state index contributed by atoms with van der Waals surface area (Å²) in [4.78, 5) is 15.4. The van der Waals surface area contributed by atoms with Gasteiger partial charge in [-0.25, -0.2) is 4.79 Å². The third-order valence-electron chi connectivity index (χ3n) is 6.15. The van der Waals surface area contributed by atoms with E-state index in [2.05, 4.69) is 50.4 Å². The molecule has 168 valence electrons. The predicted octanol–water partition coefficient (Wildman–Crippen LogP) is 4.72. The minimum Gasteiger partial charge on any atom is -0.475 e. The molecule has 0 atom stereocenters. The van der Waals surface area contributed by atoms with Crippen LogP contribution in [0.25, 0.3) is 11.1 Å². The molecule has 0 bridgehead atoms. The molecule has 1 fully saturated rings. The molecule has 0 saturated carbocycles. The molecule has 1 saturated heterocycles. The van der Waals surface area contributed by atoms with E-state index >= 15 is 0 Å². The second kappa shape index (κ2) is 8.85. The molecule has 1 aliphatic heterocycles. The van der Waals surface area contributed by atoms with Crippen LogP contribution in [0.3, 0.4) is 0 Å². The van der Waals surface area contributed by atoms with E-state index in [0.717, 1.165) is 18.2 Å². The summed E-state index contributed by atoms with van der Waals surface area (Å²) in [6.45, 7) is 2.17. The lowest BCUT2D eigenvalue weighted by molar-refractivity contribution is -0.192. The van der Waals surface area contributed by atoms with Crippen LogP contribution >= 0.6 is 11.3 Å². The second-order valence-electron chi connectivity index (χ2n) is 7.90. The summed E-state index contributed by atoms with van der Waals surface area (Å²) in [6.07, 6.45) is 3.57. The van der Waals surface area contributed by atoms with Gasteiger partial charge < -0.3 is 10.0 Å². The Morgan fingerprint density at radius 1 is 1.06 bits per heavy atom. The Labute approximate surface area is 186 Å². The molecule has 1 aliphatic carbocycles. The van der Waals surface area contributed by atoms with Gasteiger partial charge in [0.1, 0.15) is 5.51 Å². The molecule has 1 aromatic carbocycles. The highest BCUT2D eigenvalue weighted by Crippen LogP contribution is 2.47. The highest BCUT2D eigenvalue weighted by atomic mass is 32.1. The molecule has 3 aromatic rings. The maximum Gasteiger partial charge on any atom is 0.490 e. The number of pyridine rings is 1. The van der Waals surface area contributed by atoms with Gasteiger partial charge in [0.05, 0.1) is 0 Å². The zero-order valence-corrected chi connectivity index (χ0v) is 17.9. The fourth-order valence-electron chi connectivity index (χ4n) is 4.50. The summed E-state index contributed by atoms with van der Waals surface area (Å²) in [5.41, 5.74) is 7.88. The lowest BCUT2D eigenvalue weighted by Crippen LogP contribution is -2.41. The topological polar surface area (TPSA) is 79.2 Å². The Balaban J connectivity index is 0.000000307. The number of carbonyl (C=O) groups is 1. The maximum absolute atomic E-state index is 10.6. The number of nitrogens with zero attached hydrogens (tertiary/aromatic N) is 4. The van der Waals surface area contributed by atoms with E-state index in [1.807, 2.05) is 17.9 Å². The minimum absolute atomic E-state index is 0.368. The SMILES string of the molecule is O=C(O)C(F)(F)F.c1cc(-c2ccc3c(c2)CCC32CCN(c3nncs3)CC2)ccn1. The van der Waals surface area contributed by atoms with Crippen molar-refractivity contribution >= 4 is 22.4 Å². The highest BCUT2D eigenvalue weighted by molar-refractivity contribution is 7.13. The van der Waals surface area contributed by atoms with E-state index in [4.69, 9.17) is 9.90 Å². The lowest BCUT2D eigenvalue weighted by Gasteiger charge is -2.40. The Morgan fingerprint density at radius 3 is 2.34 bits per heavy atom. The van der Waals surface area contributed by atoms with Crippen LogP contribution < -0.4 is 4.90 Å². The van der Waals surface area contributed by atoms with Gasteiger partial charge in [0.25, 0.3) is 0 Å². The number of benzene rings is 1. The van der Waals surface area contributed by atoms with Crippen molar-refractivity contribution in [1.82, 2.24) is 15.2 Å². The van der Waals surface area contributed by atoms with Gasteiger partial charge in [-0.15, -0.1) is 10.2 Å². The van der Waals surface area contributed by atoms with Crippen LogP contribution in [0, 0.1) is 0 Å². The Kier molecular flexibility index (Phi) is 6.14. The molecule has 0 unspecified atom stereocenters. The molecule has 0 amide bonds. The van der Waals surface area contributed by atoms with Crippen LogP contribution in [0.15, 0.2) is 48.2 Å². The lowest BCUT2D eigenvalue weighted by atomic mass is 9.74. The van der Waals surface area contributed by atoms with Crippen molar-refractivity contribution in [3.05, 3.63) is 59.4 Å². The molecule has 1 N–H and O–H groups in total. The zero-order chi connectivity index (χ0) is 22.8. The Bertz CT molecular complexity index is 1070. The van der Waals surface area contributed by atoms with Gasteiger partial charge in [0, 0.05) is 25.5 Å². The van der Waals surface area contributed by atoms with Crippen molar-refractivity contribution < 1.29 is 23.1 Å². The standard InChI is InChI=1S/C20H20N4S.C2HF3O2/c1-2-18-17(13-16(1)15-4-9-21-10-5-15)3-6-20(18)7-11-24(12-8-20)19-23-22-14-25-19;3-2(4,5)1(6)7/h1-2,4-5,9-10,13-14H,3,6-8,11-12H2;(H,6,7).